The van der Waals surface area contributed by atoms with E-state index in [9.17, 15) is 4.79 Å². The van der Waals surface area contributed by atoms with E-state index in [0.29, 0.717) is 19.6 Å². The standard InChI is InChI=1S/C20H27N3O3/c1-12(2)20(15-6-7-17-18(10-15)26-9-8-25-17)21-19(24)11-16-13(3)22-23(5)14(16)4/h6-7,10,12,20H,8-9,11H2,1-5H3,(H,21,24). The molecule has 1 aromatic carbocycles. The summed E-state index contributed by atoms with van der Waals surface area (Å²) in [5, 5.41) is 7.57. The lowest BCUT2D eigenvalue weighted by atomic mass is 9.95. The summed E-state index contributed by atoms with van der Waals surface area (Å²) >= 11 is 0. The van der Waals surface area contributed by atoms with Crippen LogP contribution in [0.25, 0.3) is 0 Å². The first-order valence-electron chi connectivity index (χ1n) is 9.04. The van der Waals surface area contributed by atoms with Crippen molar-refractivity contribution < 1.29 is 14.3 Å². The van der Waals surface area contributed by atoms with Crippen LogP contribution in [-0.2, 0) is 18.3 Å². The van der Waals surface area contributed by atoms with Crippen LogP contribution >= 0.6 is 0 Å². The number of rotatable bonds is 5. The molecule has 1 amide bonds. The molecule has 1 aliphatic heterocycles. The topological polar surface area (TPSA) is 65.4 Å². The number of hydrogen-bond acceptors (Lipinski definition) is 4. The zero-order valence-electron chi connectivity index (χ0n) is 16.1. The second kappa shape index (κ2) is 7.40. The molecule has 2 aromatic rings. The summed E-state index contributed by atoms with van der Waals surface area (Å²) in [7, 11) is 1.90. The monoisotopic (exact) mass is 357 g/mol. The molecule has 0 radical (unpaired) electrons. The van der Waals surface area contributed by atoms with Gasteiger partial charge < -0.3 is 14.8 Å². The predicted molar refractivity (Wildman–Crippen MR) is 99.5 cm³/mol. The van der Waals surface area contributed by atoms with Gasteiger partial charge in [-0.05, 0) is 37.5 Å². The van der Waals surface area contributed by atoms with Gasteiger partial charge in [0.05, 0.1) is 18.2 Å². The first kappa shape index (κ1) is 18.3. The van der Waals surface area contributed by atoms with Gasteiger partial charge in [-0.15, -0.1) is 0 Å². The quantitative estimate of drug-likeness (QED) is 0.894. The van der Waals surface area contributed by atoms with Crippen LogP contribution in [0.15, 0.2) is 18.2 Å². The summed E-state index contributed by atoms with van der Waals surface area (Å²) in [5.41, 5.74) is 3.95. The van der Waals surface area contributed by atoms with Crippen molar-refractivity contribution in [2.75, 3.05) is 13.2 Å². The number of hydrogen-bond donors (Lipinski definition) is 1. The Balaban J connectivity index is 1.77. The highest BCUT2D eigenvalue weighted by molar-refractivity contribution is 5.79. The Hall–Kier alpha value is -2.50. The van der Waals surface area contributed by atoms with Crippen LogP contribution in [0.5, 0.6) is 11.5 Å². The van der Waals surface area contributed by atoms with E-state index in [-0.39, 0.29) is 17.9 Å². The molecule has 1 aliphatic rings. The highest BCUT2D eigenvalue weighted by Gasteiger charge is 2.22. The number of nitrogens with one attached hydrogen (secondary N) is 1. The van der Waals surface area contributed by atoms with E-state index in [1.807, 2.05) is 43.8 Å². The van der Waals surface area contributed by atoms with Crippen molar-refractivity contribution in [3.63, 3.8) is 0 Å². The van der Waals surface area contributed by atoms with Crippen molar-refractivity contribution in [1.29, 1.82) is 0 Å². The maximum atomic E-state index is 12.7. The predicted octanol–water partition coefficient (Wildman–Crippen LogP) is 2.86. The fourth-order valence-corrected chi connectivity index (χ4v) is 3.35. The molecule has 6 heteroatoms. The summed E-state index contributed by atoms with van der Waals surface area (Å²) in [6.07, 6.45) is 0.333. The maximum absolute atomic E-state index is 12.7. The molecule has 3 rings (SSSR count). The van der Waals surface area contributed by atoms with Crippen LogP contribution in [0.4, 0.5) is 0 Å². The minimum Gasteiger partial charge on any atom is -0.486 e. The summed E-state index contributed by atoms with van der Waals surface area (Å²) < 4.78 is 13.1. The summed E-state index contributed by atoms with van der Waals surface area (Å²) in [6, 6.07) is 5.80. The fourth-order valence-electron chi connectivity index (χ4n) is 3.35. The zero-order chi connectivity index (χ0) is 18.8. The number of carbonyl (C=O) groups excluding carboxylic acids is 1. The van der Waals surface area contributed by atoms with Crippen molar-refractivity contribution >= 4 is 5.91 Å². The summed E-state index contributed by atoms with van der Waals surface area (Å²) in [4.78, 5) is 12.7. The molecular formula is C20H27N3O3. The highest BCUT2D eigenvalue weighted by atomic mass is 16.6. The Morgan fingerprint density at radius 2 is 1.92 bits per heavy atom. The number of nitrogens with zero attached hydrogens (tertiary/aromatic N) is 2. The molecule has 6 nitrogen and oxygen atoms in total. The maximum Gasteiger partial charge on any atom is 0.225 e. The first-order chi connectivity index (χ1) is 12.4. The average molecular weight is 357 g/mol. The molecular weight excluding hydrogens is 330 g/mol. The Kier molecular flexibility index (Phi) is 5.20. The van der Waals surface area contributed by atoms with Crippen LogP contribution in [0.2, 0.25) is 0 Å². The second-order valence-electron chi connectivity index (χ2n) is 7.14. The van der Waals surface area contributed by atoms with Gasteiger partial charge >= 0.3 is 0 Å². The minimum absolute atomic E-state index is 0.00205. The third-order valence-corrected chi connectivity index (χ3v) is 4.90. The third kappa shape index (κ3) is 3.69. The number of amides is 1. The average Bonchev–Trinajstić information content (AvgIpc) is 2.85. The van der Waals surface area contributed by atoms with E-state index in [1.54, 1.807) is 0 Å². The molecule has 140 valence electrons. The van der Waals surface area contributed by atoms with Crippen molar-refractivity contribution in [2.45, 2.75) is 40.2 Å². The largest absolute Gasteiger partial charge is 0.486 e. The van der Waals surface area contributed by atoms with Gasteiger partial charge in [-0.25, -0.2) is 0 Å². The van der Waals surface area contributed by atoms with E-state index in [4.69, 9.17) is 9.47 Å². The highest BCUT2D eigenvalue weighted by Crippen LogP contribution is 2.34. The van der Waals surface area contributed by atoms with Gasteiger partial charge in [0.2, 0.25) is 5.91 Å². The minimum atomic E-state index is -0.0874. The van der Waals surface area contributed by atoms with E-state index < -0.39 is 0 Å². The van der Waals surface area contributed by atoms with Crippen molar-refractivity contribution in [1.82, 2.24) is 15.1 Å². The van der Waals surface area contributed by atoms with Crippen LogP contribution in [-0.4, -0.2) is 28.9 Å². The molecule has 0 spiro atoms. The smallest absolute Gasteiger partial charge is 0.225 e. The van der Waals surface area contributed by atoms with E-state index >= 15 is 0 Å². The fraction of sp³-hybridized carbons (Fsp3) is 0.500. The Labute approximate surface area is 154 Å². The van der Waals surface area contributed by atoms with Gasteiger partial charge in [-0.1, -0.05) is 19.9 Å². The van der Waals surface area contributed by atoms with Crippen LogP contribution < -0.4 is 14.8 Å². The number of aromatic nitrogens is 2. The Morgan fingerprint density at radius 3 is 2.54 bits per heavy atom. The van der Waals surface area contributed by atoms with Crippen LogP contribution in [0, 0.1) is 19.8 Å². The molecule has 1 aromatic heterocycles. The van der Waals surface area contributed by atoms with E-state index in [0.717, 1.165) is 34.0 Å². The van der Waals surface area contributed by atoms with Crippen LogP contribution in [0.1, 0.15) is 42.4 Å². The van der Waals surface area contributed by atoms with Gasteiger partial charge in [-0.2, -0.15) is 5.10 Å². The van der Waals surface area contributed by atoms with Crippen molar-refractivity contribution in [2.24, 2.45) is 13.0 Å². The molecule has 0 aliphatic carbocycles. The zero-order valence-corrected chi connectivity index (χ0v) is 16.1. The number of benzene rings is 1. The normalized spacial score (nSPS) is 14.4. The molecule has 1 N–H and O–H groups in total. The first-order valence-corrected chi connectivity index (χ1v) is 9.04. The lowest BCUT2D eigenvalue weighted by molar-refractivity contribution is -0.121. The van der Waals surface area contributed by atoms with Crippen LogP contribution in [0.3, 0.4) is 0 Å². The lowest BCUT2D eigenvalue weighted by Gasteiger charge is -2.25. The van der Waals surface area contributed by atoms with Gasteiger partial charge in [0, 0.05) is 18.3 Å². The van der Waals surface area contributed by atoms with Gasteiger partial charge in [0.15, 0.2) is 11.5 Å². The number of ether oxygens (including phenoxy) is 2. The number of carbonyl (C=O) groups is 1. The van der Waals surface area contributed by atoms with E-state index in [1.165, 1.54) is 0 Å². The Morgan fingerprint density at radius 1 is 1.23 bits per heavy atom. The van der Waals surface area contributed by atoms with Crippen molar-refractivity contribution in [3.05, 3.63) is 40.7 Å². The summed E-state index contributed by atoms with van der Waals surface area (Å²) in [5.74, 6) is 1.75. The molecule has 0 saturated carbocycles. The molecule has 1 unspecified atom stereocenters. The van der Waals surface area contributed by atoms with E-state index in [2.05, 4.69) is 24.3 Å². The van der Waals surface area contributed by atoms with Gasteiger partial charge in [0.25, 0.3) is 0 Å². The number of aryl methyl sites for hydroxylation is 2. The number of fused-ring (bicyclic) bond motifs is 1. The Bertz CT molecular complexity index is 811. The molecule has 0 fully saturated rings. The SMILES string of the molecule is Cc1nn(C)c(C)c1CC(=O)NC(c1ccc2c(c1)OCCO2)C(C)C. The molecule has 2 heterocycles. The molecule has 0 saturated heterocycles. The lowest BCUT2D eigenvalue weighted by Crippen LogP contribution is -2.33. The molecule has 1 atom stereocenters. The summed E-state index contributed by atoms with van der Waals surface area (Å²) in [6.45, 7) is 9.25. The third-order valence-electron chi connectivity index (χ3n) is 4.90. The molecule has 0 bridgehead atoms. The van der Waals surface area contributed by atoms with Crippen molar-refractivity contribution in [3.8, 4) is 11.5 Å². The van der Waals surface area contributed by atoms with Gasteiger partial charge in [-0.3, -0.25) is 9.48 Å². The van der Waals surface area contributed by atoms with Gasteiger partial charge in [0.1, 0.15) is 13.2 Å². The molecule has 26 heavy (non-hydrogen) atoms. The second-order valence-corrected chi connectivity index (χ2v) is 7.14.